The van der Waals surface area contributed by atoms with E-state index in [1.807, 2.05) is 48.5 Å². The molecular weight excluding hydrogens is 781 g/mol. The summed E-state index contributed by atoms with van der Waals surface area (Å²) in [6, 6.07) is 23.0. The van der Waals surface area contributed by atoms with Gasteiger partial charge in [0.25, 0.3) is 5.91 Å². The van der Waals surface area contributed by atoms with E-state index in [-0.39, 0.29) is 10.8 Å². The molecule has 306 valence electrons. The van der Waals surface area contributed by atoms with E-state index in [0.29, 0.717) is 21.5 Å². The third-order valence-corrected chi connectivity index (χ3v) is 15.4. The number of carboxylic acid groups (broad SMARTS) is 1. The zero-order valence-electron chi connectivity index (χ0n) is 33.0. The average molecular weight is 833 g/mol. The van der Waals surface area contributed by atoms with Gasteiger partial charge in [0.2, 0.25) is 0 Å². The van der Waals surface area contributed by atoms with Crippen LogP contribution in [0.2, 0.25) is 10.0 Å². The molecule has 0 heterocycles. The molecule has 7 nitrogen and oxygen atoms in total. The van der Waals surface area contributed by atoms with Crippen molar-refractivity contribution in [1.82, 2.24) is 5.48 Å². The van der Waals surface area contributed by atoms with Crippen LogP contribution >= 0.6 is 23.2 Å². The smallest absolute Gasteiger partial charge is 0.328 e. The lowest BCUT2D eigenvalue weighted by Crippen LogP contribution is -2.48. The zero-order valence-corrected chi connectivity index (χ0v) is 34.6. The number of aromatic hydroxyl groups is 2. The molecule has 0 spiro atoms. The molecule has 0 aliphatic heterocycles. The number of nitrogens with one attached hydrogen (secondary N) is 1. The molecule has 4 aromatic carbocycles. The van der Waals surface area contributed by atoms with Crippen LogP contribution in [0.3, 0.4) is 0 Å². The molecule has 8 aliphatic rings. The van der Waals surface area contributed by atoms with Gasteiger partial charge in [0, 0.05) is 44.5 Å². The Morgan fingerprint density at radius 2 is 0.932 bits per heavy atom. The van der Waals surface area contributed by atoms with Gasteiger partial charge in [-0.1, -0.05) is 59.6 Å². The quantitative estimate of drug-likeness (QED) is 0.0683. The number of phenolic OH excluding ortho intramolecular Hbond substituents is 2. The second-order valence-corrected chi connectivity index (χ2v) is 19.6. The van der Waals surface area contributed by atoms with Crippen LogP contribution in [0.25, 0.3) is 34.4 Å². The normalized spacial score (nSPS) is 29.8. The first-order chi connectivity index (χ1) is 28.4. The first kappa shape index (κ1) is 39.9. The number of benzene rings is 4. The number of rotatable bonds is 8. The minimum Gasteiger partial charge on any atom is -0.508 e. The summed E-state index contributed by atoms with van der Waals surface area (Å²) in [5.74, 6) is 4.12. The molecular formula is C50H51Cl2NO6. The van der Waals surface area contributed by atoms with Crippen LogP contribution in [0, 0.1) is 35.5 Å². The van der Waals surface area contributed by atoms with Crippen molar-refractivity contribution in [2.45, 2.75) is 87.9 Å². The lowest BCUT2D eigenvalue weighted by atomic mass is 9.48. The van der Waals surface area contributed by atoms with Gasteiger partial charge in [0.15, 0.2) is 0 Å². The Kier molecular flexibility index (Phi) is 10.7. The van der Waals surface area contributed by atoms with Crippen LogP contribution in [-0.4, -0.2) is 32.4 Å². The summed E-state index contributed by atoms with van der Waals surface area (Å²) < 4.78 is 0. The number of hydroxylamine groups is 1. The molecule has 8 bridgehead atoms. The van der Waals surface area contributed by atoms with Crippen LogP contribution in [-0.2, 0) is 20.4 Å². The molecule has 0 aromatic heterocycles. The van der Waals surface area contributed by atoms with Gasteiger partial charge in [-0.25, -0.2) is 10.3 Å². The van der Waals surface area contributed by atoms with Crippen molar-refractivity contribution in [3.05, 3.63) is 117 Å². The van der Waals surface area contributed by atoms with E-state index in [1.165, 1.54) is 89.2 Å². The van der Waals surface area contributed by atoms with Crippen molar-refractivity contribution >= 4 is 47.2 Å². The van der Waals surface area contributed by atoms with E-state index < -0.39 is 11.9 Å². The molecule has 8 aliphatic carbocycles. The summed E-state index contributed by atoms with van der Waals surface area (Å²) in [4.78, 5) is 21.9. The number of hydrogen-bond acceptors (Lipinski definition) is 5. The number of carbonyl (C=O) groups is 2. The Morgan fingerprint density at radius 1 is 0.559 bits per heavy atom. The summed E-state index contributed by atoms with van der Waals surface area (Å²) in [7, 11) is 0. The minimum atomic E-state index is -0.982. The molecule has 0 radical (unpaired) electrons. The van der Waals surface area contributed by atoms with Gasteiger partial charge in [-0.15, -0.1) is 0 Å². The van der Waals surface area contributed by atoms with E-state index in [9.17, 15) is 19.8 Å². The highest BCUT2D eigenvalue weighted by Gasteiger charge is 2.53. The number of aliphatic carboxylic acids is 1. The van der Waals surface area contributed by atoms with Gasteiger partial charge >= 0.3 is 5.97 Å². The number of phenols is 2. The maximum absolute atomic E-state index is 11.2. The molecule has 0 saturated heterocycles. The van der Waals surface area contributed by atoms with Gasteiger partial charge in [-0.2, -0.15) is 0 Å². The summed E-state index contributed by atoms with van der Waals surface area (Å²) in [5, 5.41) is 40.2. The Hall–Kier alpha value is -4.56. The van der Waals surface area contributed by atoms with E-state index >= 15 is 0 Å². The standard InChI is InChI=1S/C25H26ClNO3.C25H25ClO3/c26-22-10-15(2-6-24(29)27-30)1-4-20(22)19-3-5-23(28)21(11-19)25-12-16-7-17(13-25)9-18(8-16)14-25;26-22-10-15(2-6-24(28)29)1-4-20(22)19-3-5-23(27)21(11-19)25-12-16-7-17(13-25)9-18(8-16)14-25/h1-6,10-11,16-18,28,30H,7-9,12-14H2,(H,27,29);1-6,10-11,16-18,27H,7-9,12-14H2,(H,28,29)/b2*6-2+. The van der Waals surface area contributed by atoms with E-state index in [0.717, 1.165) is 86.1 Å². The van der Waals surface area contributed by atoms with Crippen molar-refractivity contribution < 1.29 is 30.1 Å². The largest absolute Gasteiger partial charge is 0.508 e. The molecule has 0 unspecified atom stereocenters. The second kappa shape index (κ2) is 15.8. The van der Waals surface area contributed by atoms with Crippen molar-refractivity contribution in [2.75, 3.05) is 0 Å². The van der Waals surface area contributed by atoms with Gasteiger partial charge in [0.1, 0.15) is 11.5 Å². The molecule has 8 fully saturated rings. The van der Waals surface area contributed by atoms with Gasteiger partial charge in [-0.3, -0.25) is 10.0 Å². The van der Waals surface area contributed by atoms with Gasteiger partial charge < -0.3 is 15.3 Å². The van der Waals surface area contributed by atoms with Crippen molar-refractivity contribution in [3.8, 4) is 33.8 Å². The van der Waals surface area contributed by atoms with Crippen molar-refractivity contribution in [2.24, 2.45) is 35.5 Å². The fourth-order valence-electron chi connectivity index (χ4n) is 13.3. The first-order valence-corrected chi connectivity index (χ1v) is 21.9. The van der Waals surface area contributed by atoms with Crippen LogP contribution in [0.5, 0.6) is 11.5 Å². The van der Waals surface area contributed by atoms with Crippen LogP contribution in [0.4, 0.5) is 0 Å². The zero-order chi connectivity index (χ0) is 41.1. The molecule has 8 saturated carbocycles. The summed E-state index contributed by atoms with van der Waals surface area (Å²) in [6.07, 6.45) is 20.9. The topological polar surface area (TPSA) is 127 Å². The Morgan fingerprint density at radius 3 is 1.27 bits per heavy atom. The predicted octanol–water partition coefficient (Wildman–Crippen LogP) is 12.0. The maximum Gasteiger partial charge on any atom is 0.328 e. The number of amides is 1. The van der Waals surface area contributed by atoms with Crippen LogP contribution < -0.4 is 5.48 Å². The SMILES string of the molecule is O=C(/C=C/c1ccc(-c2ccc(O)c(C34CC5CC(CC(C5)C3)C4)c2)c(Cl)c1)NO.O=C(O)/C=C/c1ccc(-c2ccc(O)c(C34CC5CC(CC(C5)C3)C4)c2)c(Cl)c1. The minimum absolute atomic E-state index is 0.113. The number of hydrogen-bond donors (Lipinski definition) is 5. The summed E-state index contributed by atoms with van der Waals surface area (Å²) in [6.45, 7) is 0. The Labute approximate surface area is 355 Å². The summed E-state index contributed by atoms with van der Waals surface area (Å²) >= 11 is 13.1. The monoisotopic (exact) mass is 831 g/mol. The Bertz CT molecular complexity index is 2290. The van der Waals surface area contributed by atoms with Crippen LogP contribution in [0.15, 0.2) is 84.9 Å². The first-order valence-electron chi connectivity index (χ1n) is 21.2. The third kappa shape index (κ3) is 7.94. The molecule has 1 amide bonds. The second-order valence-electron chi connectivity index (χ2n) is 18.8. The van der Waals surface area contributed by atoms with Crippen LogP contribution in [0.1, 0.15) is 99.3 Å². The fraction of sp³-hybridized carbons (Fsp3) is 0.400. The highest BCUT2D eigenvalue weighted by atomic mass is 35.5. The van der Waals surface area contributed by atoms with E-state index in [4.69, 9.17) is 33.5 Å². The van der Waals surface area contributed by atoms with Crippen molar-refractivity contribution in [3.63, 3.8) is 0 Å². The predicted molar refractivity (Wildman–Crippen MR) is 232 cm³/mol. The molecule has 4 aromatic rings. The highest BCUT2D eigenvalue weighted by Crippen LogP contribution is 2.63. The van der Waals surface area contributed by atoms with Gasteiger partial charge in [-0.05, 0) is 194 Å². The summed E-state index contributed by atoms with van der Waals surface area (Å²) in [5.41, 5.74) is 9.34. The fourth-order valence-corrected chi connectivity index (χ4v) is 13.8. The van der Waals surface area contributed by atoms with E-state index in [2.05, 4.69) is 12.1 Å². The molecule has 59 heavy (non-hydrogen) atoms. The number of carbonyl (C=O) groups excluding carboxylic acids is 1. The molecule has 9 heteroatoms. The van der Waals surface area contributed by atoms with E-state index in [1.54, 1.807) is 23.7 Å². The lowest BCUT2D eigenvalue weighted by Gasteiger charge is -2.57. The number of carboxylic acids is 1. The molecule has 0 atom stereocenters. The lowest BCUT2D eigenvalue weighted by molar-refractivity contribution is -0.131. The highest BCUT2D eigenvalue weighted by molar-refractivity contribution is 6.34. The number of halogens is 2. The molecule has 5 N–H and O–H groups in total. The maximum atomic E-state index is 11.2. The Balaban J connectivity index is 0.000000152. The average Bonchev–Trinajstić information content (AvgIpc) is 3.19. The van der Waals surface area contributed by atoms with Crippen molar-refractivity contribution in [1.29, 1.82) is 0 Å². The molecule has 12 rings (SSSR count). The third-order valence-electron chi connectivity index (χ3n) is 14.8. The van der Waals surface area contributed by atoms with Gasteiger partial charge in [0.05, 0.1) is 0 Å².